The van der Waals surface area contributed by atoms with Crippen molar-refractivity contribution in [1.82, 2.24) is 5.32 Å². The largest absolute Gasteiger partial charge is 0.480 e. The Kier molecular flexibility index (Phi) is 5.31. The van der Waals surface area contributed by atoms with Crippen molar-refractivity contribution < 1.29 is 19.5 Å². The number of carbonyl (C=O) groups excluding carboxylic acids is 2. The Labute approximate surface area is 151 Å². The summed E-state index contributed by atoms with van der Waals surface area (Å²) in [5.74, 6) is -0.776. The average molecular weight is 352 g/mol. The van der Waals surface area contributed by atoms with E-state index < -0.39 is 18.4 Å². The molecule has 3 rings (SSSR count). The molecule has 1 saturated carbocycles. The van der Waals surface area contributed by atoms with Crippen molar-refractivity contribution in [1.29, 1.82) is 0 Å². The van der Waals surface area contributed by atoms with E-state index in [-0.39, 0.29) is 5.91 Å². The first-order chi connectivity index (χ1) is 12.5. The molecule has 0 bridgehead atoms. The molecule has 2 aromatic rings. The molecular formula is C20H20N2O4. The molecule has 1 aliphatic carbocycles. The highest BCUT2D eigenvalue weighted by molar-refractivity contribution is 5.97. The Morgan fingerprint density at radius 2 is 1.69 bits per heavy atom. The van der Waals surface area contributed by atoms with Gasteiger partial charge in [-0.15, -0.1) is 0 Å². The molecule has 0 spiro atoms. The lowest BCUT2D eigenvalue weighted by atomic mass is 10.1. The number of rotatable bonds is 7. The second kappa shape index (κ2) is 7.82. The van der Waals surface area contributed by atoms with Gasteiger partial charge in [0.15, 0.2) is 0 Å². The summed E-state index contributed by atoms with van der Waals surface area (Å²) in [7, 11) is 0. The van der Waals surface area contributed by atoms with E-state index in [1.165, 1.54) is 5.56 Å². The van der Waals surface area contributed by atoms with Crippen LogP contribution in [0.1, 0.15) is 34.7 Å². The van der Waals surface area contributed by atoms with Gasteiger partial charge in [-0.1, -0.05) is 30.3 Å². The smallest absolute Gasteiger partial charge is 0.322 e. The summed E-state index contributed by atoms with van der Waals surface area (Å²) in [6, 6.07) is 16.6. The van der Waals surface area contributed by atoms with Gasteiger partial charge in [-0.3, -0.25) is 14.4 Å². The Bertz CT molecular complexity index is 802. The summed E-state index contributed by atoms with van der Waals surface area (Å²) in [6.07, 6.45) is 1.50. The van der Waals surface area contributed by atoms with Gasteiger partial charge in [0.25, 0.3) is 5.91 Å². The minimum Gasteiger partial charge on any atom is -0.480 e. The van der Waals surface area contributed by atoms with Crippen LogP contribution in [-0.4, -0.2) is 29.4 Å². The third kappa shape index (κ3) is 4.69. The van der Waals surface area contributed by atoms with Gasteiger partial charge in [0.1, 0.15) is 6.54 Å². The van der Waals surface area contributed by atoms with E-state index in [1.807, 2.05) is 18.2 Å². The number of carboxylic acid groups (broad SMARTS) is 1. The SMILES string of the molecule is O=C(O)CNC(=O)c1ccc(NC(=O)C[C@@H]2C[C@H]2c2ccccc2)cc1. The summed E-state index contributed by atoms with van der Waals surface area (Å²) in [5.41, 5.74) is 2.24. The van der Waals surface area contributed by atoms with Crippen LogP contribution >= 0.6 is 0 Å². The van der Waals surface area contributed by atoms with Gasteiger partial charge < -0.3 is 15.7 Å². The van der Waals surface area contributed by atoms with E-state index in [1.54, 1.807) is 24.3 Å². The molecule has 3 N–H and O–H groups in total. The van der Waals surface area contributed by atoms with Crippen molar-refractivity contribution in [3.05, 3.63) is 65.7 Å². The molecule has 6 heteroatoms. The van der Waals surface area contributed by atoms with Gasteiger partial charge in [-0.25, -0.2) is 0 Å². The van der Waals surface area contributed by atoms with Gasteiger partial charge in [0.05, 0.1) is 0 Å². The van der Waals surface area contributed by atoms with Crippen LogP contribution < -0.4 is 10.6 Å². The first-order valence-corrected chi connectivity index (χ1v) is 8.48. The van der Waals surface area contributed by atoms with E-state index in [2.05, 4.69) is 22.8 Å². The number of carboxylic acids is 1. The van der Waals surface area contributed by atoms with Crippen LogP contribution in [0.15, 0.2) is 54.6 Å². The zero-order valence-corrected chi connectivity index (χ0v) is 14.1. The van der Waals surface area contributed by atoms with Gasteiger partial charge >= 0.3 is 5.97 Å². The number of nitrogens with one attached hydrogen (secondary N) is 2. The molecule has 0 saturated heterocycles. The van der Waals surface area contributed by atoms with Crippen molar-refractivity contribution in [3.8, 4) is 0 Å². The summed E-state index contributed by atoms with van der Waals surface area (Å²) in [5, 5.41) is 13.7. The lowest BCUT2D eigenvalue weighted by Gasteiger charge is -2.07. The number of amides is 2. The summed E-state index contributed by atoms with van der Waals surface area (Å²) in [4.78, 5) is 34.4. The molecule has 1 fully saturated rings. The van der Waals surface area contributed by atoms with Crippen LogP contribution in [0.3, 0.4) is 0 Å². The van der Waals surface area contributed by atoms with Crippen LogP contribution in [0, 0.1) is 5.92 Å². The highest BCUT2D eigenvalue weighted by Crippen LogP contribution is 2.49. The lowest BCUT2D eigenvalue weighted by molar-refractivity contribution is -0.135. The van der Waals surface area contributed by atoms with Crippen LogP contribution in [0.4, 0.5) is 5.69 Å². The number of aliphatic carboxylic acids is 1. The summed E-state index contributed by atoms with van der Waals surface area (Å²) >= 11 is 0. The standard InChI is InChI=1S/C20H20N2O4/c23-18(11-15-10-17(15)13-4-2-1-3-5-13)22-16-8-6-14(7-9-16)20(26)21-12-19(24)25/h1-9,15,17H,10-12H2,(H,21,26)(H,22,23)(H,24,25)/t15-,17-/m0/s1. The molecule has 2 atom stereocenters. The zero-order chi connectivity index (χ0) is 18.5. The fourth-order valence-electron chi connectivity index (χ4n) is 2.99. The van der Waals surface area contributed by atoms with Crippen LogP contribution in [0.2, 0.25) is 0 Å². The molecule has 0 aliphatic heterocycles. The monoisotopic (exact) mass is 352 g/mol. The summed E-state index contributed by atoms with van der Waals surface area (Å²) in [6.45, 7) is -0.429. The Hall–Kier alpha value is -3.15. The number of carbonyl (C=O) groups is 3. The molecule has 0 aromatic heterocycles. The van der Waals surface area contributed by atoms with E-state index >= 15 is 0 Å². The number of benzene rings is 2. The maximum absolute atomic E-state index is 12.2. The van der Waals surface area contributed by atoms with Gasteiger partial charge in [-0.05, 0) is 48.1 Å². The van der Waals surface area contributed by atoms with Crippen molar-refractivity contribution in [3.63, 3.8) is 0 Å². The van der Waals surface area contributed by atoms with Crippen molar-refractivity contribution >= 4 is 23.5 Å². The number of hydrogen-bond donors (Lipinski definition) is 3. The molecule has 0 radical (unpaired) electrons. The van der Waals surface area contributed by atoms with Crippen molar-refractivity contribution in [2.24, 2.45) is 5.92 Å². The minimum atomic E-state index is -1.10. The number of hydrogen-bond acceptors (Lipinski definition) is 3. The predicted octanol–water partition coefficient (Wildman–Crippen LogP) is 2.63. The van der Waals surface area contributed by atoms with Gasteiger partial charge in [-0.2, -0.15) is 0 Å². The highest BCUT2D eigenvalue weighted by Gasteiger charge is 2.39. The van der Waals surface area contributed by atoms with E-state index in [4.69, 9.17) is 5.11 Å². The Balaban J connectivity index is 1.48. The van der Waals surface area contributed by atoms with Crippen LogP contribution in [0.5, 0.6) is 0 Å². The Morgan fingerprint density at radius 1 is 1.00 bits per heavy atom. The molecule has 0 unspecified atom stereocenters. The molecule has 134 valence electrons. The third-order valence-electron chi connectivity index (χ3n) is 4.43. The molecule has 2 amide bonds. The molecule has 0 heterocycles. The van der Waals surface area contributed by atoms with Crippen LogP contribution in [-0.2, 0) is 9.59 Å². The zero-order valence-electron chi connectivity index (χ0n) is 14.1. The first-order valence-electron chi connectivity index (χ1n) is 8.48. The molecule has 2 aromatic carbocycles. The molecular weight excluding hydrogens is 332 g/mol. The van der Waals surface area contributed by atoms with E-state index in [0.29, 0.717) is 29.5 Å². The number of anilines is 1. The second-order valence-corrected chi connectivity index (χ2v) is 6.42. The van der Waals surface area contributed by atoms with E-state index in [0.717, 1.165) is 6.42 Å². The highest BCUT2D eigenvalue weighted by atomic mass is 16.4. The maximum atomic E-state index is 12.2. The molecule has 6 nitrogen and oxygen atoms in total. The quantitative estimate of drug-likeness (QED) is 0.714. The fourth-order valence-corrected chi connectivity index (χ4v) is 2.99. The topological polar surface area (TPSA) is 95.5 Å². The van der Waals surface area contributed by atoms with Gasteiger partial charge in [0, 0.05) is 17.7 Å². The average Bonchev–Trinajstić information content (AvgIpc) is 3.40. The Morgan fingerprint density at radius 3 is 2.35 bits per heavy atom. The maximum Gasteiger partial charge on any atom is 0.322 e. The second-order valence-electron chi connectivity index (χ2n) is 6.42. The molecule has 26 heavy (non-hydrogen) atoms. The molecule has 1 aliphatic rings. The lowest BCUT2D eigenvalue weighted by Crippen LogP contribution is -2.29. The predicted molar refractivity (Wildman–Crippen MR) is 96.9 cm³/mol. The van der Waals surface area contributed by atoms with Crippen molar-refractivity contribution in [2.45, 2.75) is 18.8 Å². The van der Waals surface area contributed by atoms with E-state index in [9.17, 15) is 14.4 Å². The third-order valence-corrected chi connectivity index (χ3v) is 4.43. The first kappa shape index (κ1) is 17.7. The normalized spacial score (nSPS) is 18.0. The summed E-state index contributed by atoms with van der Waals surface area (Å²) < 4.78 is 0. The van der Waals surface area contributed by atoms with Gasteiger partial charge in [0.2, 0.25) is 5.91 Å². The fraction of sp³-hybridized carbons (Fsp3) is 0.250. The van der Waals surface area contributed by atoms with Crippen molar-refractivity contribution in [2.75, 3.05) is 11.9 Å². The van der Waals surface area contributed by atoms with Crippen LogP contribution in [0.25, 0.3) is 0 Å². The minimum absolute atomic E-state index is 0.0449.